The van der Waals surface area contributed by atoms with E-state index in [0.717, 1.165) is 17.3 Å². The van der Waals surface area contributed by atoms with Crippen molar-refractivity contribution in [3.8, 4) is 0 Å². The quantitative estimate of drug-likeness (QED) is 0.439. The molecule has 0 spiro atoms. The van der Waals surface area contributed by atoms with Crippen molar-refractivity contribution < 1.29 is 9.53 Å². The van der Waals surface area contributed by atoms with Gasteiger partial charge in [-0.15, -0.1) is 0 Å². The van der Waals surface area contributed by atoms with Crippen LogP contribution in [0.2, 0.25) is 0 Å². The van der Waals surface area contributed by atoms with Crippen molar-refractivity contribution in [2.75, 3.05) is 5.33 Å². The Morgan fingerprint density at radius 3 is 2.79 bits per heavy atom. The zero-order chi connectivity index (χ0) is 10.4. The van der Waals surface area contributed by atoms with Gasteiger partial charge in [0.15, 0.2) is 0 Å². The fraction of sp³-hybridized carbons (Fsp3) is 0.364. The highest BCUT2D eigenvalue weighted by Crippen LogP contribution is 2.18. The lowest BCUT2D eigenvalue weighted by atomic mass is 10.1. The number of esters is 1. The van der Waals surface area contributed by atoms with Gasteiger partial charge in [-0.05, 0) is 12.5 Å². The number of carbonyl (C=O) groups is 1. The standard InChI is InChI=1S/C11H13BrO2/c1-9-8-11(13)14-10(9)6-4-2-3-5-7-12/h2-5,8,10H,6-7H2,1H3/b4-2-,5-3+/t10-/m1/s1. The summed E-state index contributed by atoms with van der Waals surface area (Å²) in [5, 5.41) is 0.856. The molecule has 0 fully saturated rings. The molecule has 0 aromatic rings. The maximum atomic E-state index is 10.9. The van der Waals surface area contributed by atoms with Gasteiger partial charge in [-0.25, -0.2) is 4.79 Å². The van der Waals surface area contributed by atoms with Gasteiger partial charge in [-0.1, -0.05) is 40.2 Å². The van der Waals surface area contributed by atoms with Crippen LogP contribution in [0.4, 0.5) is 0 Å². The molecule has 1 heterocycles. The molecule has 0 aliphatic carbocycles. The fourth-order valence-corrected chi connectivity index (χ4v) is 1.41. The first kappa shape index (κ1) is 11.2. The molecule has 3 heteroatoms. The van der Waals surface area contributed by atoms with Gasteiger partial charge in [0.2, 0.25) is 0 Å². The zero-order valence-corrected chi connectivity index (χ0v) is 9.66. The third kappa shape index (κ3) is 3.50. The van der Waals surface area contributed by atoms with Crippen LogP contribution in [0, 0.1) is 0 Å². The molecule has 0 bridgehead atoms. The maximum absolute atomic E-state index is 10.9. The van der Waals surface area contributed by atoms with Crippen molar-refractivity contribution in [1.29, 1.82) is 0 Å². The molecular formula is C11H13BrO2. The number of rotatable bonds is 4. The highest BCUT2D eigenvalue weighted by atomic mass is 79.9. The predicted molar refractivity (Wildman–Crippen MR) is 60.3 cm³/mol. The molecule has 1 rings (SSSR count). The second-order valence-electron chi connectivity index (χ2n) is 3.06. The molecule has 76 valence electrons. The number of allylic oxidation sites excluding steroid dienone is 3. The summed E-state index contributed by atoms with van der Waals surface area (Å²) in [5.41, 5.74) is 1.00. The molecule has 14 heavy (non-hydrogen) atoms. The summed E-state index contributed by atoms with van der Waals surface area (Å²) in [6, 6.07) is 0. The Bertz CT molecular complexity index is 290. The lowest BCUT2D eigenvalue weighted by molar-refractivity contribution is -0.138. The van der Waals surface area contributed by atoms with E-state index in [-0.39, 0.29) is 12.1 Å². The molecular weight excluding hydrogens is 244 g/mol. The summed E-state index contributed by atoms with van der Waals surface area (Å²) < 4.78 is 5.06. The van der Waals surface area contributed by atoms with Gasteiger partial charge in [0.05, 0.1) is 0 Å². The van der Waals surface area contributed by atoms with E-state index in [1.807, 2.05) is 31.2 Å². The van der Waals surface area contributed by atoms with Crippen LogP contribution in [-0.2, 0) is 9.53 Å². The summed E-state index contributed by atoms with van der Waals surface area (Å²) in [7, 11) is 0. The van der Waals surface area contributed by atoms with Crippen LogP contribution in [0.3, 0.4) is 0 Å². The minimum absolute atomic E-state index is 0.0591. The smallest absolute Gasteiger partial charge is 0.331 e. The maximum Gasteiger partial charge on any atom is 0.331 e. The molecule has 1 atom stereocenters. The number of hydrogen-bond acceptors (Lipinski definition) is 2. The Kier molecular flexibility index (Phi) is 4.66. The average molecular weight is 257 g/mol. The van der Waals surface area contributed by atoms with Crippen LogP contribution in [0.1, 0.15) is 13.3 Å². The van der Waals surface area contributed by atoms with Gasteiger partial charge in [0, 0.05) is 17.8 Å². The molecule has 0 saturated heterocycles. The van der Waals surface area contributed by atoms with E-state index in [4.69, 9.17) is 4.74 Å². The first-order valence-electron chi connectivity index (χ1n) is 4.50. The minimum Gasteiger partial charge on any atom is -0.454 e. The van der Waals surface area contributed by atoms with Gasteiger partial charge < -0.3 is 4.74 Å². The topological polar surface area (TPSA) is 26.3 Å². The minimum atomic E-state index is -0.225. The van der Waals surface area contributed by atoms with Crippen LogP contribution in [0.25, 0.3) is 0 Å². The van der Waals surface area contributed by atoms with Gasteiger partial charge in [0.1, 0.15) is 6.10 Å². The Hall–Kier alpha value is -0.830. The Balaban J connectivity index is 2.33. The second-order valence-corrected chi connectivity index (χ2v) is 3.71. The molecule has 1 aliphatic heterocycles. The highest BCUT2D eigenvalue weighted by molar-refractivity contribution is 9.09. The van der Waals surface area contributed by atoms with Crippen molar-refractivity contribution in [3.05, 3.63) is 36.0 Å². The Morgan fingerprint density at radius 1 is 1.50 bits per heavy atom. The van der Waals surface area contributed by atoms with Crippen LogP contribution in [0.15, 0.2) is 36.0 Å². The van der Waals surface area contributed by atoms with E-state index < -0.39 is 0 Å². The third-order valence-electron chi connectivity index (χ3n) is 1.93. The van der Waals surface area contributed by atoms with E-state index in [2.05, 4.69) is 15.9 Å². The molecule has 0 unspecified atom stereocenters. The first-order chi connectivity index (χ1) is 6.74. The zero-order valence-electron chi connectivity index (χ0n) is 8.07. The first-order valence-corrected chi connectivity index (χ1v) is 5.62. The molecule has 0 amide bonds. The van der Waals surface area contributed by atoms with Crippen LogP contribution < -0.4 is 0 Å². The van der Waals surface area contributed by atoms with E-state index in [0.29, 0.717) is 0 Å². The largest absolute Gasteiger partial charge is 0.454 e. The van der Waals surface area contributed by atoms with Gasteiger partial charge in [-0.3, -0.25) is 0 Å². The molecule has 0 N–H and O–H groups in total. The van der Waals surface area contributed by atoms with E-state index >= 15 is 0 Å². The average Bonchev–Trinajstić information content (AvgIpc) is 2.45. The number of halogens is 1. The van der Waals surface area contributed by atoms with Crippen LogP contribution >= 0.6 is 15.9 Å². The number of cyclic esters (lactones) is 1. The molecule has 0 aromatic carbocycles. The van der Waals surface area contributed by atoms with Gasteiger partial charge in [-0.2, -0.15) is 0 Å². The highest BCUT2D eigenvalue weighted by Gasteiger charge is 2.20. The molecule has 1 aliphatic rings. The molecule has 0 saturated carbocycles. The fourth-order valence-electron chi connectivity index (χ4n) is 1.19. The Morgan fingerprint density at radius 2 is 2.21 bits per heavy atom. The second kappa shape index (κ2) is 5.81. The summed E-state index contributed by atoms with van der Waals surface area (Å²) >= 11 is 3.29. The summed E-state index contributed by atoms with van der Waals surface area (Å²) in [4.78, 5) is 10.9. The summed E-state index contributed by atoms with van der Waals surface area (Å²) in [5.74, 6) is -0.225. The van der Waals surface area contributed by atoms with E-state index in [9.17, 15) is 4.79 Å². The summed E-state index contributed by atoms with van der Waals surface area (Å²) in [6.45, 7) is 1.91. The van der Waals surface area contributed by atoms with Crippen LogP contribution in [0.5, 0.6) is 0 Å². The molecule has 2 nitrogen and oxygen atoms in total. The van der Waals surface area contributed by atoms with Crippen molar-refractivity contribution in [2.24, 2.45) is 0 Å². The van der Waals surface area contributed by atoms with Gasteiger partial charge >= 0.3 is 5.97 Å². The van der Waals surface area contributed by atoms with Crippen molar-refractivity contribution in [1.82, 2.24) is 0 Å². The molecule has 0 radical (unpaired) electrons. The van der Waals surface area contributed by atoms with Crippen LogP contribution in [-0.4, -0.2) is 17.4 Å². The number of carbonyl (C=O) groups excluding carboxylic acids is 1. The third-order valence-corrected chi connectivity index (χ3v) is 2.31. The summed E-state index contributed by atoms with van der Waals surface area (Å²) in [6.07, 6.45) is 10.2. The van der Waals surface area contributed by atoms with Crippen molar-refractivity contribution >= 4 is 21.9 Å². The predicted octanol–water partition coefficient (Wildman–Crippen LogP) is 2.76. The lowest BCUT2D eigenvalue weighted by Crippen LogP contribution is -2.08. The monoisotopic (exact) mass is 256 g/mol. The van der Waals surface area contributed by atoms with E-state index in [1.54, 1.807) is 6.08 Å². The number of alkyl halides is 1. The number of ether oxygens (including phenoxy) is 1. The lowest BCUT2D eigenvalue weighted by Gasteiger charge is -2.07. The van der Waals surface area contributed by atoms with Crippen molar-refractivity contribution in [3.63, 3.8) is 0 Å². The SMILES string of the molecule is CC1=CC(=O)O[C@@H]1C/C=C\C=C\CBr. The van der Waals surface area contributed by atoms with E-state index in [1.165, 1.54) is 0 Å². The van der Waals surface area contributed by atoms with Gasteiger partial charge in [0.25, 0.3) is 0 Å². The normalized spacial score (nSPS) is 22.0. The number of hydrogen-bond donors (Lipinski definition) is 0. The van der Waals surface area contributed by atoms with Crippen molar-refractivity contribution in [2.45, 2.75) is 19.4 Å². The Labute approximate surface area is 92.5 Å². The molecule has 0 aromatic heterocycles.